The molecule has 0 radical (unpaired) electrons. The summed E-state index contributed by atoms with van der Waals surface area (Å²) in [5.74, 6) is 0.0680. The summed E-state index contributed by atoms with van der Waals surface area (Å²) in [6.07, 6.45) is 1.87. The highest BCUT2D eigenvalue weighted by molar-refractivity contribution is 7.09. The standard InChI is InChI=1S/C20H25N3O3S/c1-2-26-20(25)23-12-10-22(11-13-23)19(24)14-17-15-27-18(21-17)9-8-16-6-4-3-5-7-16/h3-7,15H,2,8-14H2,1H3. The summed E-state index contributed by atoms with van der Waals surface area (Å²) in [4.78, 5) is 32.3. The summed E-state index contributed by atoms with van der Waals surface area (Å²) in [7, 11) is 0. The molecular formula is C20H25N3O3S. The molecule has 6 nitrogen and oxygen atoms in total. The van der Waals surface area contributed by atoms with Gasteiger partial charge in [0, 0.05) is 38.0 Å². The van der Waals surface area contributed by atoms with Crippen molar-refractivity contribution in [1.29, 1.82) is 0 Å². The molecule has 1 aromatic carbocycles. The van der Waals surface area contributed by atoms with E-state index in [9.17, 15) is 9.59 Å². The van der Waals surface area contributed by atoms with Crippen molar-refractivity contribution in [2.75, 3.05) is 32.8 Å². The first-order chi connectivity index (χ1) is 13.2. The molecule has 7 heteroatoms. The predicted octanol–water partition coefficient (Wildman–Crippen LogP) is 2.77. The zero-order valence-corrected chi connectivity index (χ0v) is 16.4. The van der Waals surface area contributed by atoms with Crippen molar-refractivity contribution < 1.29 is 14.3 Å². The van der Waals surface area contributed by atoms with Crippen LogP contribution in [0.15, 0.2) is 35.7 Å². The van der Waals surface area contributed by atoms with E-state index in [0.717, 1.165) is 23.5 Å². The lowest BCUT2D eigenvalue weighted by atomic mass is 10.1. The van der Waals surface area contributed by atoms with Gasteiger partial charge < -0.3 is 14.5 Å². The molecule has 3 rings (SSSR count). The molecule has 2 heterocycles. The molecule has 0 spiro atoms. The van der Waals surface area contributed by atoms with Crippen molar-refractivity contribution in [2.45, 2.75) is 26.2 Å². The molecular weight excluding hydrogens is 362 g/mol. The number of hydrogen-bond donors (Lipinski definition) is 0. The van der Waals surface area contributed by atoms with Crippen LogP contribution in [0.25, 0.3) is 0 Å². The molecule has 1 aliphatic rings. The Kier molecular flexibility index (Phi) is 6.81. The van der Waals surface area contributed by atoms with Gasteiger partial charge in [-0.25, -0.2) is 9.78 Å². The maximum absolute atomic E-state index is 12.5. The van der Waals surface area contributed by atoms with Gasteiger partial charge in [-0.15, -0.1) is 11.3 Å². The second-order valence-corrected chi connectivity index (χ2v) is 7.40. The third-order valence-electron chi connectivity index (χ3n) is 4.56. The minimum absolute atomic E-state index is 0.0680. The van der Waals surface area contributed by atoms with E-state index in [1.807, 2.05) is 23.6 Å². The number of thiazole rings is 1. The smallest absolute Gasteiger partial charge is 0.409 e. The number of amides is 2. The van der Waals surface area contributed by atoms with E-state index in [1.165, 1.54) is 5.56 Å². The average molecular weight is 388 g/mol. The number of carbonyl (C=O) groups is 2. The van der Waals surface area contributed by atoms with E-state index < -0.39 is 0 Å². The summed E-state index contributed by atoms with van der Waals surface area (Å²) >= 11 is 1.62. The highest BCUT2D eigenvalue weighted by Gasteiger charge is 2.25. The van der Waals surface area contributed by atoms with Crippen LogP contribution in [0.5, 0.6) is 0 Å². The van der Waals surface area contributed by atoms with Crippen molar-refractivity contribution in [3.63, 3.8) is 0 Å². The highest BCUT2D eigenvalue weighted by Crippen LogP contribution is 2.15. The monoisotopic (exact) mass is 387 g/mol. The van der Waals surface area contributed by atoms with Crippen LogP contribution in [-0.2, 0) is 28.8 Å². The molecule has 1 saturated heterocycles. The van der Waals surface area contributed by atoms with Crippen molar-refractivity contribution in [1.82, 2.24) is 14.8 Å². The van der Waals surface area contributed by atoms with Gasteiger partial charge in [0.05, 0.1) is 23.7 Å². The van der Waals surface area contributed by atoms with Crippen molar-refractivity contribution >= 4 is 23.3 Å². The van der Waals surface area contributed by atoms with Crippen LogP contribution in [0.2, 0.25) is 0 Å². The Morgan fingerprint density at radius 1 is 1.07 bits per heavy atom. The molecule has 0 bridgehead atoms. The van der Waals surface area contributed by atoms with Gasteiger partial charge in [-0.2, -0.15) is 0 Å². The quantitative estimate of drug-likeness (QED) is 0.765. The third-order valence-corrected chi connectivity index (χ3v) is 5.52. The third kappa shape index (κ3) is 5.53. The van der Waals surface area contributed by atoms with Crippen LogP contribution in [0, 0.1) is 0 Å². The number of aryl methyl sites for hydroxylation is 2. The first-order valence-electron chi connectivity index (χ1n) is 9.32. The number of aromatic nitrogens is 1. The molecule has 0 N–H and O–H groups in total. The summed E-state index contributed by atoms with van der Waals surface area (Å²) in [6.45, 7) is 4.28. The maximum Gasteiger partial charge on any atom is 0.409 e. The van der Waals surface area contributed by atoms with Gasteiger partial charge in [0.2, 0.25) is 5.91 Å². The molecule has 144 valence electrons. The molecule has 2 amide bonds. The molecule has 27 heavy (non-hydrogen) atoms. The van der Waals surface area contributed by atoms with Gasteiger partial charge in [0.15, 0.2) is 0 Å². The molecule has 0 saturated carbocycles. The fourth-order valence-electron chi connectivity index (χ4n) is 3.06. The minimum Gasteiger partial charge on any atom is -0.450 e. The number of benzene rings is 1. The summed E-state index contributed by atoms with van der Waals surface area (Å²) in [5, 5.41) is 3.04. The minimum atomic E-state index is -0.299. The lowest BCUT2D eigenvalue weighted by Crippen LogP contribution is -2.51. The predicted molar refractivity (Wildman–Crippen MR) is 105 cm³/mol. The van der Waals surface area contributed by atoms with E-state index >= 15 is 0 Å². The number of piperazine rings is 1. The fraction of sp³-hybridized carbons (Fsp3) is 0.450. The van der Waals surface area contributed by atoms with Gasteiger partial charge in [-0.05, 0) is 18.9 Å². The largest absolute Gasteiger partial charge is 0.450 e. The Morgan fingerprint density at radius 3 is 2.48 bits per heavy atom. The van der Waals surface area contributed by atoms with E-state index in [-0.39, 0.29) is 12.0 Å². The van der Waals surface area contributed by atoms with Crippen molar-refractivity contribution in [3.8, 4) is 0 Å². The lowest BCUT2D eigenvalue weighted by Gasteiger charge is -2.34. The van der Waals surface area contributed by atoms with E-state index in [4.69, 9.17) is 4.74 Å². The Labute approximate surface area is 163 Å². The number of hydrogen-bond acceptors (Lipinski definition) is 5. The number of ether oxygens (including phenoxy) is 1. The lowest BCUT2D eigenvalue weighted by molar-refractivity contribution is -0.132. The Bertz CT molecular complexity index is 755. The van der Waals surface area contributed by atoms with Crippen LogP contribution in [0.1, 0.15) is 23.2 Å². The maximum atomic E-state index is 12.5. The topological polar surface area (TPSA) is 62.7 Å². The normalized spacial score (nSPS) is 14.3. The van der Waals surface area contributed by atoms with Gasteiger partial charge >= 0.3 is 6.09 Å². The van der Waals surface area contributed by atoms with E-state index in [2.05, 4.69) is 17.1 Å². The first kappa shape index (κ1) is 19.4. The number of rotatable bonds is 6. The summed E-state index contributed by atoms with van der Waals surface area (Å²) in [5.41, 5.74) is 2.13. The Balaban J connectivity index is 1.45. The van der Waals surface area contributed by atoms with E-state index in [1.54, 1.807) is 28.1 Å². The molecule has 0 aliphatic carbocycles. The van der Waals surface area contributed by atoms with E-state index in [0.29, 0.717) is 39.2 Å². The van der Waals surface area contributed by atoms with Crippen LogP contribution < -0.4 is 0 Å². The summed E-state index contributed by atoms with van der Waals surface area (Å²) in [6, 6.07) is 10.3. The number of nitrogens with zero attached hydrogens (tertiary/aromatic N) is 3. The van der Waals surface area contributed by atoms with Gasteiger partial charge in [0.1, 0.15) is 0 Å². The fourth-order valence-corrected chi connectivity index (χ4v) is 3.86. The molecule has 1 aromatic heterocycles. The van der Waals surface area contributed by atoms with Crippen LogP contribution in [0.3, 0.4) is 0 Å². The van der Waals surface area contributed by atoms with Crippen LogP contribution in [0.4, 0.5) is 4.79 Å². The molecule has 2 aromatic rings. The second kappa shape index (κ2) is 9.50. The molecule has 0 unspecified atom stereocenters. The Morgan fingerprint density at radius 2 is 1.78 bits per heavy atom. The van der Waals surface area contributed by atoms with Crippen molar-refractivity contribution in [2.24, 2.45) is 0 Å². The average Bonchev–Trinajstić information content (AvgIpc) is 3.15. The first-order valence-corrected chi connectivity index (χ1v) is 10.2. The number of carbonyl (C=O) groups excluding carboxylic acids is 2. The molecule has 1 aliphatic heterocycles. The van der Waals surface area contributed by atoms with Gasteiger partial charge in [-0.3, -0.25) is 4.79 Å². The molecule has 1 fully saturated rings. The van der Waals surface area contributed by atoms with Crippen LogP contribution in [-0.4, -0.2) is 59.6 Å². The highest BCUT2D eigenvalue weighted by atomic mass is 32.1. The molecule has 0 atom stereocenters. The second-order valence-electron chi connectivity index (χ2n) is 6.46. The van der Waals surface area contributed by atoms with Gasteiger partial charge in [0.25, 0.3) is 0 Å². The zero-order chi connectivity index (χ0) is 19.1. The Hall–Kier alpha value is -2.41. The van der Waals surface area contributed by atoms with Gasteiger partial charge in [-0.1, -0.05) is 30.3 Å². The zero-order valence-electron chi connectivity index (χ0n) is 15.6. The van der Waals surface area contributed by atoms with Crippen LogP contribution >= 0.6 is 11.3 Å². The SMILES string of the molecule is CCOC(=O)N1CCN(C(=O)Cc2csc(CCc3ccccc3)n2)CC1. The summed E-state index contributed by atoms with van der Waals surface area (Å²) < 4.78 is 5.01. The van der Waals surface area contributed by atoms with Crippen molar-refractivity contribution in [3.05, 3.63) is 52.0 Å².